The van der Waals surface area contributed by atoms with Crippen LogP contribution in [-0.4, -0.2) is 55.6 Å². The molecule has 0 aliphatic carbocycles. The molecule has 1 N–H and O–H groups in total. The van der Waals surface area contributed by atoms with Gasteiger partial charge >= 0.3 is 0 Å². The minimum absolute atomic E-state index is 0.0453. The minimum atomic E-state index is -0.171. The lowest BCUT2D eigenvalue weighted by molar-refractivity contribution is 0.123. The van der Waals surface area contributed by atoms with Crippen molar-refractivity contribution in [1.82, 2.24) is 15.1 Å². The minimum Gasteiger partial charge on any atom is -0.314 e. The van der Waals surface area contributed by atoms with Gasteiger partial charge in [0.15, 0.2) is 0 Å². The van der Waals surface area contributed by atoms with Crippen molar-refractivity contribution < 1.29 is 4.39 Å². The van der Waals surface area contributed by atoms with E-state index in [9.17, 15) is 4.39 Å². The summed E-state index contributed by atoms with van der Waals surface area (Å²) in [7, 11) is 0. The fourth-order valence-corrected chi connectivity index (χ4v) is 4.06. The van der Waals surface area contributed by atoms with Crippen molar-refractivity contribution >= 4 is 11.6 Å². The summed E-state index contributed by atoms with van der Waals surface area (Å²) in [6, 6.07) is 5.10. The normalized spacial score (nSPS) is 22.7. The average Bonchev–Trinajstić information content (AvgIpc) is 2.83. The molecule has 0 saturated carbocycles. The SMILES string of the molecule is Fc1cccc(Cl)c1C(CN1CCCCCC1)N1CCNCC1. The van der Waals surface area contributed by atoms with Crippen molar-refractivity contribution in [3.05, 3.63) is 34.6 Å². The molecule has 2 aliphatic heterocycles. The molecule has 2 aliphatic rings. The number of rotatable bonds is 4. The topological polar surface area (TPSA) is 18.5 Å². The van der Waals surface area contributed by atoms with Crippen LogP contribution in [0.1, 0.15) is 37.3 Å². The Labute approximate surface area is 143 Å². The number of nitrogens with zero attached hydrogens (tertiary/aromatic N) is 2. The van der Waals surface area contributed by atoms with Crippen molar-refractivity contribution in [2.24, 2.45) is 0 Å². The smallest absolute Gasteiger partial charge is 0.129 e. The Balaban J connectivity index is 1.83. The van der Waals surface area contributed by atoms with Gasteiger partial charge in [-0.3, -0.25) is 4.90 Å². The second-order valence-electron chi connectivity index (χ2n) is 6.65. The third-order valence-electron chi connectivity index (χ3n) is 5.06. The first-order chi connectivity index (χ1) is 11.3. The van der Waals surface area contributed by atoms with Crippen molar-refractivity contribution in [1.29, 1.82) is 0 Å². The zero-order chi connectivity index (χ0) is 16.1. The highest BCUT2D eigenvalue weighted by Gasteiger charge is 2.28. The molecular formula is C18H27ClFN3. The first kappa shape index (κ1) is 17.2. The maximum atomic E-state index is 14.5. The van der Waals surface area contributed by atoms with Crippen molar-refractivity contribution in [3.63, 3.8) is 0 Å². The Bertz CT molecular complexity index is 477. The molecule has 2 fully saturated rings. The van der Waals surface area contributed by atoms with Gasteiger partial charge in [-0.25, -0.2) is 4.39 Å². The van der Waals surface area contributed by atoms with E-state index in [1.807, 2.05) is 6.07 Å². The zero-order valence-electron chi connectivity index (χ0n) is 13.7. The maximum Gasteiger partial charge on any atom is 0.129 e. The summed E-state index contributed by atoms with van der Waals surface area (Å²) in [6.07, 6.45) is 5.13. The lowest BCUT2D eigenvalue weighted by Gasteiger charge is -2.38. The molecule has 2 heterocycles. The lowest BCUT2D eigenvalue weighted by Crippen LogP contribution is -2.48. The number of nitrogens with one attached hydrogen (secondary N) is 1. The van der Waals surface area contributed by atoms with E-state index in [0.29, 0.717) is 10.6 Å². The summed E-state index contributed by atoms with van der Waals surface area (Å²) in [5.41, 5.74) is 0.681. The van der Waals surface area contributed by atoms with Gasteiger partial charge in [0.05, 0.1) is 6.04 Å². The number of hydrogen-bond acceptors (Lipinski definition) is 3. The van der Waals surface area contributed by atoms with E-state index in [4.69, 9.17) is 11.6 Å². The van der Waals surface area contributed by atoms with Gasteiger partial charge in [-0.15, -0.1) is 0 Å². The predicted octanol–water partition coefficient (Wildman–Crippen LogP) is 3.30. The summed E-state index contributed by atoms with van der Waals surface area (Å²) in [4.78, 5) is 4.90. The number of benzene rings is 1. The van der Waals surface area contributed by atoms with E-state index in [2.05, 4.69) is 15.1 Å². The van der Waals surface area contributed by atoms with Gasteiger partial charge in [0.25, 0.3) is 0 Å². The Kier molecular flexibility index (Phi) is 6.29. The van der Waals surface area contributed by atoms with Crippen molar-refractivity contribution in [2.45, 2.75) is 31.7 Å². The van der Waals surface area contributed by atoms with Crippen LogP contribution in [0.25, 0.3) is 0 Å². The molecule has 0 amide bonds. The third-order valence-corrected chi connectivity index (χ3v) is 5.38. The van der Waals surface area contributed by atoms with Crippen LogP contribution in [0.3, 0.4) is 0 Å². The van der Waals surface area contributed by atoms with Crippen molar-refractivity contribution in [2.75, 3.05) is 45.8 Å². The second-order valence-corrected chi connectivity index (χ2v) is 7.06. The molecule has 1 atom stereocenters. The highest BCUT2D eigenvalue weighted by atomic mass is 35.5. The summed E-state index contributed by atoms with van der Waals surface area (Å²) in [5, 5.41) is 3.94. The van der Waals surface area contributed by atoms with Gasteiger partial charge in [0, 0.05) is 43.3 Å². The number of likely N-dealkylation sites (tertiary alicyclic amines) is 1. The van der Waals surface area contributed by atoms with Crippen LogP contribution in [-0.2, 0) is 0 Å². The summed E-state index contributed by atoms with van der Waals surface area (Å²) in [5.74, 6) is -0.171. The fourth-order valence-electron chi connectivity index (χ4n) is 3.78. The van der Waals surface area contributed by atoms with Crippen LogP contribution >= 0.6 is 11.6 Å². The molecule has 0 bridgehead atoms. The Morgan fingerprint density at radius 1 is 1.04 bits per heavy atom. The van der Waals surface area contributed by atoms with Gasteiger partial charge in [0.2, 0.25) is 0 Å². The molecule has 3 nitrogen and oxygen atoms in total. The Morgan fingerprint density at radius 3 is 2.39 bits per heavy atom. The molecule has 1 aromatic carbocycles. The molecule has 23 heavy (non-hydrogen) atoms. The molecule has 0 radical (unpaired) electrons. The quantitative estimate of drug-likeness (QED) is 0.908. The van der Waals surface area contributed by atoms with E-state index in [1.54, 1.807) is 12.1 Å². The number of piperazine rings is 1. The van der Waals surface area contributed by atoms with Crippen LogP contribution in [0.4, 0.5) is 4.39 Å². The predicted molar refractivity (Wildman–Crippen MR) is 93.5 cm³/mol. The zero-order valence-corrected chi connectivity index (χ0v) is 14.5. The van der Waals surface area contributed by atoms with Gasteiger partial charge in [0.1, 0.15) is 5.82 Å². The highest BCUT2D eigenvalue weighted by molar-refractivity contribution is 6.31. The van der Waals surface area contributed by atoms with E-state index < -0.39 is 0 Å². The summed E-state index contributed by atoms with van der Waals surface area (Å²) < 4.78 is 14.5. The third kappa shape index (κ3) is 4.44. The van der Waals surface area contributed by atoms with E-state index >= 15 is 0 Å². The van der Waals surface area contributed by atoms with Gasteiger partial charge in [-0.2, -0.15) is 0 Å². The number of halogens is 2. The molecule has 0 aromatic heterocycles. The Hall–Kier alpha value is -0.680. The van der Waals surface area contributed by atoms with Crippen LogP contribution < -0.4 is 5.32 Å². The first-order valence-electron chi connectivity index (χ1n) is 8.87. The van der Waals surface area contributed by atoms with Crippen molar-refractivity contribution in [3.8, 4) is 0 Å². The maximum absolute atomic E-state index is 14.5. The van der Waals surface area contributed by atoms with Crippen LogP contribution in [0, 0.1) is 5.82 Å². The van der Waals surface area contributed by atoms with Gasteiger partial charge < -0.3 is 10.2 Å². The average molecular weight is 340 g/mol. The standard InChI is InChI=1S/C18H27ClFN3/c19-15-6-5-7-16(20)18(15)17(23-12-8-21-9-13-23)14-22-10-3-1-2-4-11-22/h5-7,17,21H,1-4,8-14H2. The molecule has 5 heteroatoms. The highest BCUT2D eigenvalue weighted by Crippen LogP contribution is 2.31. The van der Waals surface area contributed by atoms with E-state index in [-0.39, 0.29) is 11.9 Å². The number of hydrogen-bond donors (Lipinski definition) is 1. The summed E-state index contributed by atoms with van der Waals surface area (Å²) in [6.45, 7) is 6.93. The van der Waals surface area contributed by atoms with E-state index in [1.165, 1.54) is 25.7 Å². The monoisotopic (exact) mass is 339 g/mol. The van der Waals surface area contributed by atoms with Gasteiger partial charge in [-0.1, -0.05) is 30.5 Å². The molecule has 1 unspecified atom stereocenters. The van der Waals surface area contributed by atoms with E-state index in [0.717, 1.165) is 45.8 Å². The van der Waals surface area contributed by atoms with Gasteiger partial charge in [-0.05, 0) is 38.1 Å². The molecule has 1 aromatic rings. The first-order valence-corrected chi connectivity index (χ1v) is 9.24. The van der Waals surface area contributed by atoms with Crippen LogP contribution in [0.2, 0.25) is 5.02 Å². The van der Waals surface area contributed by atoms with Crippen LogP contribution in [0.15, 0.2) is 18.2 Å². The lowest BCUT2D eigenvalue weighted by atomic mass is 10.0. The summed E-state index contributed by atoms with van der Waals surface area (Å²) >= 11 is 6.39. The molecule has 3 rings (SSSR count). The molecule has 128 valence electrons. The fraction of sp³-hybridized carbons (Fsp3) is 0.667. The largest absolute Gasteiger partial charge is 0.314 e. The Morgan fingerprint density at radius 2 is 1.74 bits per heavy atom. The molecule has 0 spiro atoms. The second kappa shape index (κ2) is 8.43. The molecule has 2 saturated heterocycles. The van der Waals surface area contributed by atoms with Crippen LogP contribution in [0.5, 0.6) is 0 Å². The molecular weight excluding hydrogens is 313 g/mol.